The molecular weight excluding hydrogens is 336 g/mol. The Labute approximate surface area is 162 Å². The van der Waals surface area contributed by atoms with Crippen LogP contribution < -0.4 is 4.90 Å². The Morgan fingerprint density at radius 2 is 2.00 bits per heavy atom. The Balaban J connectivity index is 1.83. The van der Waals surface area contributed by atoms with Gasteiger partial charge in [0.05, 0.1) is 0 Å². The molecule has 27 heavy (non-hydrogen) atoms. The van der Waals surface area contributed by atoms with E-state index in [1.807, 2.05) is 29.2 Å². The minimum absolute atomic E-state index is 0.0358. The van der Waals surface area contributed by atoms with Crippen molar-refractivity contribution < 1.29 is 4.79 Å². The molecule has 144 valence electrons. The maximum Gasteiger partial charge on any atom is 0.272 e. The molecule has 1 saturated heterocycles. The molecule has 2 aromatic rings. The van der Waals surface area contributed by atoms with Gasteiger partial charge >= 0.3 is 0 Å². The van der Waals surface area contributed by atoms with Gasteiger partial charge in [-0.05, 0) is 45.1 Å². The first-order valence-electron chi connectivity index (χ1n) is 10.0. The van der Waals surface area contributed by atoms with E-state index in [0.717, 1.165) is 38.2 Å². The normalized spacial score (nSPS) is 17.2. The number of aromatic nitrogens is 2. The van der Waals surface area contributed by atoms with Gasteiger partial charge in [-0.25, -0.2) is 9.97 Å². The van der Waals surface area contributed by atoms with Crippen LogP contribution in [0.4, 0.5) is 5.82 Å². The molecule has 2 heterocycles. The van der Waals surface area contributed by atoms with Crippen molar-refractivity contribution in [1.29, 1.82) is 0 Å². The van der Waals surface area contributed by atoms with E-state index in [2.05, 4.69) is 47.8 Å². The van der Waals surface area contributed by atoms with Crippen molar-refractivity contribution in [3.05, 3.63) is 54.0 Å². The van der Waals surface area contributed by atoms with E-state index in [4.69, 9.17) is 0 Å². The molecule has 1 fully saturated rings. The van der Waals surface area contributed by atoms with Gasteiger partial charge in [0.2, 0.25) is 0 Å². The van der Waals surface area contributed by atoms with Gasteiger partial charge in [-0.2, -0.15) is 0 Å². The number of benzene rings is 1. The van der Waals surface area contributed by atoms with Crippen LogP contribution in [0.15, 0.2) is 42.7 Å². The summed E-state index contributed by atoms with van der Waals surface area (Å²) in [5, 5.41) is 0. The molecule has 1 aromatic carbocycles. The average molecular weight is 367 g/mol. The number of anilines is 1. The summed E-state index contributed by atoms with van der Waals surface area (Å²) < 4.78 is 0. The molecule has 1 aliphatic heterocycles. The van der Waals surface area contributed by atoms with E-state index in [0.29, 0.717) is 11.7 Å². The quantitative estimate of drug-likeness (QED) is 0.765. The van der Waals surface area contributed by atoms with Gasteiger partial charge in [0.25, 0.3) is 5.91 Å². The van der Waals surface area contributed by atoms with E-state index in [1.54, 1.807) is 0 Å². The number of likely N-dealkylation sites (tertiary alicyclic amines) is 1. The van der Waals surface area contributed by atoms with E-state index in [-0.39, 0.29) is 11.9 Å². The number of nitrogens with zero attached hydrogens (tertiary/aromatic N) is 4. The number of piperidine rings is 1. The third kappa shape index (κ3) is 4.65. The Morgan fingerprint density at radius 3 is 2.70 bits per heavy atom. The van der Waals surface area contributed by atoms with Crippen molar-refractivity contribution in [3.8, 4) is 0 Å². The number of hydrogen-bond acceptors (Lipinski definition) is 4. The Morgan fingerprint density at radius 1 is 1.22 bits per heavy atom. The summed E-state index contributed by atoms with van der Waals surface area (Å²) in [5.74, 6) is 0.839. The maximum absolute atomic E-state index is 13.1. The highest BCUT2D eigenvalue weighted by Crippen LogP contribution is 2.23. The summed E-state index contributed by atoms with van der Waals surface area (Å²) >= 11 is 0. The summed E-state index contributed by atoms with van der Waals surface area (Å²) in [6.07, 6.45) is 5.89. The van der Waals surface area contributed by atoms with Crippen LogP contribution >= 0.6 is 0 Å². The van der Waals surface area contributed by atoms with Crippen molar-refractivity contribution in [3.63, 3.8) is 0 Å². The molecule has 1 aliphatic rings. The second kappa shape index (κ2) is 8.98. The molecule has 3 rings (SSSR count). The zero-order valence-corrected chi connectivity index (χ0v) is 16.6. The molecule has 0 bridgehead atoms. The monoisotopic (exact) mass is 366 g/mol. The molecular formula is C22H30N4O. The van der Waals surface area contributed by atoms with E-state index in [9.17, 15) is 4.79 Å². The van der Waals surface area contributed by atoms with Crippen LogP contribution in [0.2, 0.25) is 0 Å². The summed E-state index contributed by atoms with van der Waals surface area (Å²) in [7, 11) is 0. The lowest BCUT2D eigenvalue weighted by molar-refractivity contribution is 0.0601. The fraction of sp³-hybridized carbons (Fsp3) is 0.500. The smallest absolute Gasteiger partial charge is 0.272 e. The SMILES string of the molecule is CCC1CCCCN1C(=O)c1cc(N(Cc2ccccc2)C(C)C)ncn1. The van der Waals surface area contributed by atoms with Gasteiger partial charge in [0.1, 0.15) is 17.8 Å². The zero-order chi connectivity index (χ0) is 19.2. The molecule has 0 spiro atoms. The fourth-order valence-corrected chi connectivity index (χ4v) is 3.77. The zero-order valence-electron chi connectivity index (χ0n) is 16.6. The van der Waals surface area contributed by atoms with Crippen molar-refractivity contribution in [1.82, 2.24) is 14.9 Å². The number of carbonyl (C=O) groups excluding carboxylic acids is 1. The topological polar surface area (TPSA) is 49.3 Å². The molecule has 0 aliphatic carbocycles. The molecule has 1 amide bonds. The van der Waals surface area contributed by atoms with Gasteiger partial charge in [0.15, 0.2) is 0 Å². The van der Waals surface area contributed by atoms with E-state index >= 15 is 0 Å². The molecule has 1 aromatic heterocycles. The second-order valence-electron chi connectivity index (χ2n) is 7.53. The van der Waals surface area contributed by atoms with Crippen LogP contribution in [0.25, 0.3) is 0 Å². The summed E-state index contributed by atoms with van der Waals surface area (Å²) in [6, 6.07) is 12.8. The fourth-order valence-electron chi connectivity index (χ4n) is 3.77. The third-order valence-electron chi connectivity index (χ3n) is 5.34. The van der Waals surface area contributed by atoms with E-state index in [1.165, 1.54) is 18.3 Å². The summed E-state index contributed by atoms with van der Waals surface area (Å²) in [6.45, 7) is 8.02. The largest absolute Gasteiger partial charge is 0.350 e. The first kappa shape index (κ1) is 19.3. The molecule has 5 nitrogen and oxygen atoms in total. The first-order valence-corrected chi connectivity index (χ1v) is 10.0. The molecule has 0 radical (unpaired) electrons. The highest BCUT2D eigenvalue weighted by atomic mass is 16.2. The van der Waals surface area contributed by atoms with Crippen LogP contribution in [0.1, 0.15) is 62.5 Å². The van der Waals surface area contributed by atoms with E-state index < -0.39 is 0 Å². The highest BCUT2D eigenvalue weighted by molar-refractivity contribution is 5.93. The van der Waals surface area contributed by atoms with Gasteiger partial charge in [-0.1, -0.05) is 37.3 Å². The maximum atomic E-state index is 13.1. The molecule has 1 atom stereocenters. The van der Waals surface area contributed by atoms with Gasteiger partial charge in [-0.15, -0.1) is 0 Å². The minimum Gasteiger partial charge on any atom is -0.350 e. The molecule has 1 unspecified atom stereocenters. The Hall–Kier alpha value is -2.43. The minimum atomic E-state index is 0.0358. The molecule has 5 heteroatoms. The van der Waals surface area contributed by atoms with Gasteiger partial charge in [-0.3, -0.25) is 4.79 Å². The lowest BCUT2D eigenvalue weighted by Crippen LogP contribution is -2.43. The Kier molecular flexibility index (Phi) is 6.43. The van der Waals surface area contributed by atoms with Gasteiger partial charge in [0, 0.05) is 31.2 Å². The number of amides is 1. The van der Waals surface area contributed by atoms with Crippen LogP contribution in [0, 0.1) is 0 Å². The predicted octanol–water partition coefficient (Wildman–Crippen LogP) is 4.30. The van der Waals surface area contributed by atoms with Gasteiger partial charge < -0.3 is 9.80 Å². The average Bonchev–Trinajstić information content (AvgIpc) is 2.72. The molecule has 0 N–H and O–H groups in total. The Bertz CT molecular complexity index is 747. The second-order valence-corrected chi connectivity index (χ2v) is 7.53. The summed E-state index contributed by atoms with van der Waals surface area (Å²) in [5.41, 5.74) is 1.72. The number of rotatable bonds is 6. The number of hydrogen-bond donors (Lipinski definition) is 0. The molecule has 0 saturated carbocycles. The van der Waals surface area contributed by atoms with Crippen LogP contribution in [-0.2, 0) is 6.54 Å². The lowest BCUT2D eigenvalue weighted by Gasteiger charge is -2.35. The number of carbonyl (C=O) groups is 1. The predicted molar refractivity (Wildman–Crippen MR) is 109 cm³/mol. The van der Waals surface area contributed by atoms with Crippen molar-refractivity contribution >= 4 is 11.7 Å². The van der Waals surface area contributed by atoms with Crippen molar-refractivity contribution in [2.45, 2.75) is 65.1 Å². The van der Waals surface area contributed by atoms with Crippen molar-refractivity contribution in [2.24, 2.45) is 0 Å². The standard InChI is InChI=1S/C22H30N4O/c1-4-19-12-8-9-13-25(19)22(27)20-14-21(24-16-23-20)26(17(2)3)15-18-10-6-5-7-11-18/h5-7,10-11,14,16-17,19H,4,8-9,12-13,15H2,1-3H3. The van der Waals surface area contributed by atoms with Crippen molar-refractivity contribution in [2.75, 3.05) is 11.4 Å². The van der Waals surface area contributed by atoms with Crippen LogP contribution in [0.3, 0.4) is 0 Å². The third-order valence-corrected chi connectivity index (χ3v) is 5.34. The summed E-state index contributed by atoms with van der Waals surface area (Å²) in [4.78, 5) is 26.1. The van der Waals surface area contributed by atoms with Crippen LogP contribution in [-0.4, -0.2) is 39.4 Å². The highest BCUT2D eigenvalue weighted by Gasteiger charge is 2.27. The van der Waals surface area contributed by atoms with Crippen LogP contribution in [0.5, 0.6) is 0 Å². The lowest BCUT2D eigenvalue weighted by atomic mass is 9.99. The first-order chi connectivity index (χ1) is 13.1.